The van der Waals surface area contributed by atoms with Crippen LogP contribution in [0.5, 0.6) is 0 Å². The summed E-state index contributed by atoms with van der Waals surface area (Å²) in [6.07, 6.45) is 1.23. The van der Waals surface area contributed by atoms with Crippen molar-refractivity contribution in [1.82, 2.24) is 0 Å². The third kappa shape index (κ3) is 2.80. The molecule has 0 heterocycles. The minimum Gasteiger partial charge on any atom is -0.298 e. The van der Waals surface area contributed by atoms with E-state index in [0.29, 0.717) is 23.9 Å². The van der Waals surface area contributed by atoms with Gasteiger partial charge in [-0.25, -0.2) is 17.6 Å². The summed E-state index contributed by atoms with van der Waals surface area (Å²) >= 11 is 0.700. The monoisotopic (exact) mass is 266 g/mol. The van der Waals surface area contributed by atoms with E-state index in [2.05, 4.69) is 0 Å². The molecule has 0 atom stereocenters. The fourth-order valence-corrected chi connectivity index (χ4v) is 2.25. The normalized spacial score (nSPS) is 10.6. The van der Waals surface area contributed by atoms with E-state index in [0.717, 1.165) is 6.42 Å². The van der Waals surface area contributed by atoms with E-state index in [9.17, 15) is 22.4 Å². The molecule has 0 N–H and O–H groups in total. The summed E-state index contributed by atoms with van der Waals surface area (Å²) in [5.41, 5.74) is -1.21. The Hall–Kier alpha value is -1.04. The molecule has 0 aromatic heterocycles. The molecule has 0 aliphatic rings. The molecule has 17 heavy (non-hydrogen) atoms. The van der Waals surface area contributed by atoms with Crippen molar-refractivity contribution in [1.29, 1.82) is 0 Å². The molecule has 0 radical (unpaired) electrons. The SMILES string of the molecule is CCCCSc1c(F)c(F)c(C=O)c(F)c1F. The molecular weight excluding hydrogens is 256 g/mol. The minimum atomic E-state index is -1.64. The first-order chi connectivity index (χ1) is 8.04. The van der Waals surface area contributed by atoms with Crippen LogP contribution in [0, 0.1) is 23.3 Å². The maximum Gasteiger partial charge on any atom is 0.176 e. The first-order valence-electron chi connectivity index (χ1n) is 4.98. The largest absolute Gasteiger partial charge is 0.298 e. The van der Waals surface area contributed by atoms with E-state index in [4.69, 9.17) is 0 Å². The van der Waals surface area contributed by atoms with Crippen LogP contribution in [0.3, 0.4) is 0 Å². The molecule has 0 aliphatic heterocycles. The van der Waals surface area contributed by atoms with E-state index >= 15 is 0 Å². The van der Waals surface area contributed by atoms with Crippen molar-refractivity contribution in [3.05, 3.63) is 28.8 Å². The summed E-state index contributed by atoms with van der Waals surface area (Å²) in [6, 6.07) is 0. The number of halogens is 4. The van der Waals surface area contributed by atoms with Gasteiger partial charge in [-0.1, -0.05) is 13.3 Å². The second-order valence-corrected chi connectivity index (χ2v) is 4.42. The van der Waals surface area contributed by atoms with Crippen LogP contribution < -0.4 is 0 Å². The molecule has 0 unspecified atom stereocenters. The van der Waals surface area contributed by atoms with Gasteiger partial charge in [0.1, 0.15) is 0 Å². The lowest BCUT2D eigenvalue weighted by atomic mass is 10.2. The third-order valence-corrected chi connectivity index (χ3v) is 3.26. The molecule has 1 aromatic rings. The Morgan fingerprint density at radius 2 is 1.59 bits per heavy atom. The molecule has 0 fully saturated rings. The average Bonchev–Trinajstić information content (AvgIpc) is 2.32. The van der Waals surface area contributed by atoms with Crippen molar-refractivity contribution in [2.75, 3.05) is 5.75 Å². The Bertz CT molecular complexity index is 405. The average molecular weight is 266 g/mol. The van der Waals surface area contributed by atoms with Crippen LogP contribution in [0.4, 0.5) is 17.6 Å². The zero-order valence-corrected chi connectivity index (χ0v) is 9.84. The van der Waals surface area contributed by atoms with Crippen LogP contribution >= 0.6 is 11.8 Å². The molecule has 1 rings (SSSR count). The van der Waals surface area contributed by atoms with E-state index < -0.39 is 33.7 Å². The van der Waals surface area contributed by atoms with Gasteiger partial charge in [-0.3, -0.25) is 4.79 Å². The lowest BCUT2D eigenvalue weighted by Gasteiger charge is -2.08. The molecule has 1 nitrogen and oxygen atoms in total. The van der Waals surface area contributed by atoms with Gasteiger partial charge in [0.25, 0.3) is 0 Å². The van der Waals surface area contributed by atoms with Crippen molar-refractivity contribution < 1.29 is 22.4 Å². The quantitative estimate of drug-likeness (QED) is 0.264. The van der Waals surface area contributed by atoms with Crippen LogP contribution in [-0.4, -0.2) is 12.0 Å². The number of rotatable bonds is 5. The maximum absolute atomic E-state index is 13.4. The minimum absolute atomic E-state index is 0.239. The molecule has 6 heteroatoms. The Morgan fingerprint density at radius 1 is 1.06 bits per heavy atom. The topological polar surface area (TPSA) is 17.1 Å². The Labute approximate surface area is 100 Å². The molecule has 0 spiro atoms. The van der Waals surface area contributed by atoms with Crippen molar-refractivity contribution in [2.45, 2.75) is 24.7 Å². The molecular formula is C11H10F4OS. The van der Waals surface area contributed by atoms with Gasteiger partial charge in [0, 0.05) is 0 Å². The first kappa shape index (κ1) is 14.0. The molecule has 0 amide bonds. The third-order valence-electron chi connectivity index (χ3n) is 2.12. The van der Waals surface area contributed by atoms with Gasteiger partial charge < -0.3 is 0 Å². The van der Waals surface area contributed by atoms with Gasteiger partial charge in [-0.05, 0) is 12.2 Å². The molecule has 0 aliphatic carbocycles. The van der Waals surface area contributed by atoms with E-state index in [-0.39, 0.29) is 6.29 Å². The lowest BCUT2D eigenvalue weighted by Crippen LogP contribution is -2.05. The highest BCUT2D eigenvalue weighted by Crippen LogP contribution is 2.31. The number of carbonyl (C=O) groups is 1. The molecule has 1 aromatic carbocycles. The standard InChI is InChI=1S/C11H10F4OS/c1-2-3-4-17-11-9(14)7(12)6(5-16)8(13)10(11)15/h5H,2-4H2,1H3. The van der Waals surface area contributed by atoms with Gasteiger partial charge in [-0.2, -0.15) is 0 Å². The Kier molecular flexibility index (Phi) is 4.99. The van der Waals surface area contributed by atoms with Gasteiger partial charge in [0.2, 0.25) is 0 Å². The number of aldehydes is 1. The van der Waals surface area contributed by atoms with Crippen molar-refractivity contribution in [3.63, 3.8) is 0 Å². The van der Waals surface area contributed by atoms with Gasteiger partial charge in [0.15, 0.2) is 29.6 Å². The summed E-state index contributed by atoms with van der Waals surface area (Å²) in [5.74, 6) is -5.95. The Balaban J connectivity index is 3.18. The van der Waals surface area contributed by atoms with Crippen LogP contribution in [0.15, 0.2) is 4.90 Å². The highest BCUT2D eigenvalue weighted by molar-refractivity contribution is 7.99. The van der Waals surface area contributed by atoms with Gasteiger partial charge in [0.05, 0.1) is 10.5 Å². The summed E-state index contributed by atoms with van der Waals surface area (Å²) < 4.78 is 53.1. The van der Waals surface area contributed by atoms with Crippen molar-refractivity contribution in [3.8, 4) is 0 Å². The summed E-state index contributed by atoms with van der Waals surface area (Å²) in [5, 5.41) is 0. The summed E-state index contributed by atoms with van der Waals surface area (Å²) in [6.45, 7) is 1.88. The molecule has 94 valence electrons. The molecule has 0 saturated carbocycles. The van der Waals surface area contributed by atoms with Crippen LogP contribution in [0.1, 0.15) is 30.1 Å². The van der Waals surface area contributed by atoms with Crippen molar-refractivity contribution in [2.24, 2.45) is 0 Å². The first-order valence-corrected chi connectivity index (χ1v) is 5.97. The highest BCUT2D eigenvalue weighted by Gasteiger charge is 2.24. The highest BCUT2D eigenvalue weighted by atomic mass is 32.2. The van der Waals surface area contributed by atoms with E-state index in [1.807, 2.05) is 6.92 Å². The fourth-order valence-electron chi connectivity index (χ4n) is 1.18. The van der Waals surface area contributed by atoms with E-state index in [1.165, 1.54) is 0 Å². The number of carbonyl (C=O) groups excluding carboxylic acids is 1. The predicted molar refractivity (Wildman–Crippen MR) is 57.3 cm³/mol. The summed E-state index contributed by atoms with van der Waals surface area (Å²) in [4.78, 5) is 9.59. The van der Waals surface area contributed by atoms with Crippen LogP contribution in [0.2, 0.25) is 0 Å². The molecule has 0 bridgehead atoms. The second-order valence-electron chi connectivity index (χ2n) is 3.32. The number of thioether (sulfide) groups is 1. The maximum atomic E-state index is 13.4. The second kappa shape index (κ2) is 6.05. The number of unbranched alkanes of at least 4 members (excludes halogenated alkanes) is 1. The lowest BCUT2D eigenvalue weighted by molar-refractivity contribution is 0.111. The number of hydrogen-bond acceptors (Lipinski definition) is 2. The van der Waals surface area contributed by atoms with Crippen LogP contribution in [0.25, 0.3) is 0 Å². The summed E-state index contributed by atoms with van der Waals surface area (Å²) in [7, 11) is 0. The predicted octanol–water partition coefficient (Wildman–Crippen LogP) is 3.95. The smallest absolute Gasteiger partial charge is 0.176 e. The van der Waals surface area contributed by atoms with Crippen LogP contribution in [-0.2, 0) is 0 Å². The van der Waals surface area contributed by atoms with Gasteiger partial charge in [-0.15, -0.1) is 11.8 Å². The van der Waals surface area contributed by atoms with E-state index in [1.54, 1.807) is 0 Å². The fraction of sp³-hybridized carbons (Fsp3) is 0.364. The molecule has 0 saturated heterocycles. The zero-order valence-electron chi connectivity index (χ0n) is 9.03. The Morgan fingerprint density at radius 3 is 2.00 bits per heavy atom. The number of benzene rings is 1. The number of hydrogen-bond donors (Lipinski definition) is 0. The van der Waals surface area contributed by atoms with Gasteiger partial charge >= 0.3 is 0 Å². The van der Waals surface area contributed by atoms with Crippen molar-refractivity contribution >= 4 is 18.0 Å². The zero-order chi connectivity index (χ0) is 13.0.